The highest BCUT2D eigenvalue weighted by atomic mass is 35.5. The molecule has 8 nitrogen and oxygen atoms in total. The summed E-state index contributed by atoms with van der Waals surface area (Å²) in [5.41, 5.74) is -0.0649. The Kier molecular flexibility index (Phi) is 7.37. The van der Waals surface area contributed by atoms with Gasteiger partial charge in [-0.15, -0.1) is 5.10 Å². The van der Waals surface area contributed by atoms with Crippen LogP contribution in [0.4, 0.5) is 0 Å². The van der Waals surface area contributed by atoms with Crippen LogP contribution in [-0.4, -0.2) is 43.8 Å². The van der Waals surface area contributed by atoms with Crippen LogP contribution in [0.2, 0.25) is 30.8 Å². The number of benzene rings is 1. The molecule has 11 heteroatoms. The Labute approximate surface area is 193 Å². The number of carbonyl (C=O) groups excluding carboxylic acids is 1. The molecule has 0 fully saturated rings. The van der Waals surface area contributed by atoms with Crippen molar-refractivity contribution >= 4 is 35.6 Å². The topological polar surface area (TPSA) is 103 Å². The van der Waals surface area contributed by atoms with Gasteiger partial charge < -0.3 is 4.74 Å². The molecule has 0 unspecified atom stereocenters. The fourth-order valence-electron chi connectivity index (χ4n) is 2.85. The average Bonchev–Trinajstić information content (AvgIpc) is 3.20. The number of carbonyl (C=O) groups is 1. The van der Waals surface area contributed by atoms with E-state index < -0.39 is 24.0 Å². The van der Waals surface area contributed by atoms with Crippen LogP contribution >= 0.6 is 11.6 Å². The molecule has 0 aliphatic heterocycles. The summed E-state index contributed by atoms with van der Waals surface area (Å²) in [4.78, 5) is 16.6. The zero-order valence-electron chi connectivity index (χ0n) is 18.1. The SMILES string of the molecule is C[Si](C)(C)CCCOc1ccn(-c2ccc(C(=O)NS(=O)(=O)c3ccccc3)c(Cl)n2)n1. The Balaban J connectivity index is 1.66. The van der Waals surface area contributed by atoms with Gasteiger partial charge >= 0.3 is 0 Å². The maximum absolute atomic E-state index is 12.5. The second kappa shape index (κ2) is 9.84. The Morgan fingerprint density at radius 2 is 1.84 bits per heavy atom. The van der Waals surface area contributed by atoms with Crippen molar-refractivity contribution in [3.63, 3.8) is 0 Å². The highest BCUT2D eigenvalue weighted by Crippen LogP contribution is 2.19. The first-order chi connectivity index (χ1) is 15.0. The molecule has 0 aliphatic carbocycles. The zero-order valence-corrected chi connectivity index (χ0v) is 20.7. The number of hydrogen-bond donors (Lipinski definition) is 1. The van der Waals surface area contributed by atoms with E-state index in [9.17, 15) is 13.2 Å². The van der Waals surface area contributed by atoms with Crippen molar-refractivity contribution in [3.8, 4) is 11.7 Å². The van der Waals surface area contributed by atoms with Gasteiger partial charge in [-0.3, -0.25) is 4.79 Å². The fraction of sp³-hybridized carbons (Fsp3) is 0.286. The van der Waals surface area contributed by atoms with E-state index in [0.29, 0.717) is 18.3 Å². The molecule has 0 saturated carbocycles. The molecule has 0 bridgehead atoms. The molecule has 0 spiro atoms. The van der Waals surface area contributed by atoms with Crippen molar-refractivity contribution in [2.75, 3.05) is 6.61 Å². The fourth-order valence-corrected chi connectivity index (χ4v) is 5.28. The minimum absolute atomic E-state index is 0.0250. The maximum atomic E-state index is 12.5. The third-order valence-electron chi connectivity index (χ3n) is 4.48. The van der Waals surface area contributed by atoms with Gasteiger partial charge in [0.05, 0.1) is 17.1 Å². The van der Waals surface area contributed by atoms with Gasteiger partial charge in [-0.2, -0.15) is 0 Å². The Morgan fingerprint density at radius 1 is 1.12 bits per heavy atom. The van der Waals surface area contributed by atoms with E-state index >= 15 is 0 Å². The first-order valence-corrected chi connectivity index (χ1v) is 15.6. The van der Waals surface area contributed by atoms with Crippen LogP contribution in [0.3, 0.4) is 0 Å². The van der Waals surface area contributed by atoms with E-state index in [1.165, 1.54) is 35.0 Å². The Bertz CT molecular complexity index is 1190. The molecule has 2 heterocycles. The lowest BCUT2D eigenvalue weighted by Gasteiger charge is -2.14. The highest BCUT2D eigenvalue weighted by Gasteiger charge is 2.21. The molecule has 0 atom stereocenters. The van der Waals surface area contributed by atoms with Crippen LogP contribution in [0, 0.1) is 0 Å². The molecular formula is C21H25ClN4O4SSi. The van der Waals surface area contributed by atoms with Gasteiger partial charge in [0.2, 0.25) is 5.88 Å². The molecule has 1 amide bonds. The number of aromatic nitrogens is 3. The number of hydrogen-bond acceptors (Lipinski definition) is 6. The van der Waals surface area contributed by atoms with E-state index in [2.05, 4.69) is 29.7 Å². The molecule has 3 rings (SSSR count). The van der Waals surface area contributed by atoms with Crippen LogP contribution in [0.25, 0.3) is 5.82 Å². The highest BCUT2D eigenvalue weighted by molar-refractivity contribution is 7.90. The molecule has 0 aliphatic rings. The lowest BCUT2D eigenvalue weighted by Crippen LogP contribution is -2.31. The van der Waals surface area contributed by atoms with E-state index in [4.69, 9.17) is 16.3 Å². The van der Waals surface area contributed by atoms with Crippen molar-refractivity contribution in [1.82, 2.24) is 19.5 Å². The summed E-state index contributed by atoms with van der Waals surface area (Å²) in [5.74, 6) is -0.0338. The van der Waals surface area contributed by atoms with Gasteiger partial charge in [-0.25, -0.2) is 22.8 Å². The van der Waals surface area contributed by atoms with Gasteiger partial charge in [0.25, 0.3) is 15.9 Å². The van der Waals surface area contributed by atoms with Gasteiger partial charge in [0.1, 0.15) is 5.15 Å². The van der Waals surface area contributed by atoms with E-state index in [0.717, 1.165) is 6.42 Å². The number of sulfonamides is 1. The summed E-state index contributed by atoms with van der Waals surface area (Å²) in [7, 11) is -5.12. The summed E-state index contributed by atoms with van der Waals surface area (Å²) in [6.07, 6.45) is 2.65. The number of amides is 1. The van der Waals surface area contributed by atoms with Crippen molar-refractivity contribution in [2.24, 2.45) is 0 Å². The van der Waals surface area contributed by atoms with Crippen molar-refractivity contribution in [1.29, 1.82) is 0 Å². The minimum Gasteiger partial charge on any atom is -0.477 e. The number of nitrogens with one attached hydrogen (secondary N) is 1. The molecule has 170 valence electrons. The van der Waals surface area contributed by atoms with Crippen molar-refractivity contribution < 1.29 is 17.9 Å². The van der Waals surface area contributed by atoms with Crippen LogP contribution in [0.1, 0.15) is 16.8 Å². The smallest absolute Gasteiger partial charge is 0.268 e. The summed E-state index contributed by atoms with van der Waals surface area (Å²) in [5, 5.41) is 4.18. The zero-order chi connectivity index (χ0) is 23.4. The number of pyridine rings is 1. The molecule has 3 aromatic rings. The molecular weight excluding hydrogens is 468 g/mol. The average molecular weight is 493 g/mol. The van der Waals surface area contributed by atoms with E-state index in [1.807, 2.05) is 4.72 Å². The van der Waals surface area contributed by atoms with Gasteiger partial charge in [0, 0.05) is 20.3 Å². The summed E-state index contributed by atoms with van der Waals surface area (Å²) >= 11 is 6.17. The third kappa shape index (κ3) is 6.41. The molecule has 0 radical (unpaired) electrons. The third-order valence-corrected chi connectivity index (χ3v) is 7.97. The van der Waals surface area contributed by atoms with E-state index in [-0.39, 0.29) is 15.6 Å². The number of nitrogens with zero attached hydrogens (tertiary/aromatic N) is 3. The first-order valence-electron chi connectivity index (χ1n) is 10.0. The van der Waals surface area contributed by atoms with E-state index in [1.54, 1.807) is 30.5 Å². The second-order valence-electron chi connectivity index (χ2n) is 8.37. The number of rotatable bonds is 9. The van der Waals surface area contributed by atoms with Crippen LogP contribution in [-0.2, 0) is 10.0 Å². The predicted octanol–water partition coefficient (Wildman–Crippen LogP) is 4.15. The van der Waals surface area contributed by atoms with Crippen molar-refractivity contribution in [3.05, 3.63) is 65.4 Å². The van der Waals surface area contributed by atoms with Gasteiger partial charge in [-0.1, -0.05) is 55.5 Å². The summed E-state index contributed by atoms with van der Waals surface area (Å²) in [6.45, 7) is 7.54. The first kappa shape index (κ1) is 24.0. The van der Waals surface area contributed by atoms with Crippen LogP contribution in [0.5, 0.6) is 5.88 Å². The molecule has 32 heavy (non-hydrogen) atoms. The molecule has 0 saturated heterocycles. The lowest BCUT2D eigenvalue weighted by molar-refractivity contribution is 0.0981. The Hall–Kier alpha value is -2.69. The van der Waals surface area contributed by atoms with Crippen LogP contribution < -0.4 is 9.46 Å². The standard InChI is InChI=1S/C21H25ClN4O4SSi/c1-32(2,3)15-7-14-30-19-12-13-26(24-19)18-11-10-17(20(22)23-18)21(27)25-31(28,29)16-8-5-4-6-9-16/h4-6,8-13H,7,14-15H2,1-3H3,(H,25,27). The summed E-state index contributed by atoms with van der Waals surface area (Å²) < 4.78 is 33.9. The van der Waals surface area contributed by atoms with Gasteiger partial charge in [0.15, 0.2) is 5.82 Å². The second-order valence-corrected chi connectivity index (χ2v) is 16.0. The molecule has 2 aromatic heterocycles. The molecule has 1 aromatic carbocycles. The molecule has 1 N–H and O–H groups in total. The Morgan fingerprint density at radius 3 is 2.50 bits per heavy atom. The minimum atomic E-state index is -4.02. The van der Waals surface area contributed by atoms with Crippen LogP contribution in [0.15, 0.2) is 59.6 Å². The number of ether oxygens (including phenoxy) is 1. The van der Waals surface area contributed by atoms with Gasteiger partial charge in [-0.05, 0) is 30.7 Å². The predicted molar refractivity (Wildman–Crippen MR) is 126 cm³/mol. The maximum Gasteiger partial charge on any atom is 0.268 e. The largest absolute Gasteiger partial charge is 0.477 e. The van der Waals surface area contributed by atoms with Crippen molar-refractivity contribution in [2.45, 2.75) is 37.0 Å². The number of halogens is 1. The lowest BCUT2D eigenvalue weighted by atomic mass is 10.3. The monoisotopic (exact) mass is 492 g/mol. The quantitative estimate of drug-likeness (QED) is 0.273. The normalized spacial score (nSPS) is 11.9. The summed E-state index contributed by atoms with van der Waals surface area (Å²) in [6, 6.07) is 13.4.